The number of rotatable bonds is 8. The molecule has 0 aliphatic carbocycles. The number of ether oxygens (including phenoxy) is 1. The molecule has 0 bridgehead atoms. The molecule has 0 aliphatic rings. The summed E-state index contributed by atoms with van der Waals surface area (Å²) in [7, 11) is 1.65. The second-order valence-electron chi connectivity index (χ2n) is 6.32. The van der Waals surface area contributed by atoms with Crippen LogP contribution in [0.15, 0.2) is 59.4 Å². The van der Waals surface area contributed by atoms with Crippen LogP contribution >= 0.6 is 0 Å². The monoisotopic (exact) mass is 352 g/mol. The minimum absolute atomic E-state index is 0.0562. The number of hydrogen-bond acceptors (Lipinski definition) is 3. The van der Waals surface area contributed by atoms with E-state index in [2.05, 4.69) is 4.98 Å². The lowest BCUT2D eigenvalue weighted by molar-refractivity contribution is 0.407. The van der Waals surface area contributed by atoms with Gasteiger partial charge in [-0.25, -0.2) is 4.79 Å². The zero-order valence-electron chi connectivity index (χ0n) is 14.9. The van der Waals surface area contributed by atoms with Gasteiger partial charge >= 0.3 is 5.69 Å². The smallest absolute Gasteiger partial charge is 0.328 e. The molecule has 1 aromatic heterocycles. The van der Waals surface area contributed by atoms with Gasteiger partial charge in [-0.1, -0.05) is 42.5 Å². The van der Waals surface area contributed by atoms with Crippen molar-refractivity contribution in [1.29, 1.82) is 0 Å². The van der Waals surface area contributed by atoms with E-state index in [1.165, 1.54) is 10.1 Å². The lowest BCUT2D eigenvalue weighted by atomic mass is 10.1. The summed E-state index contributed by atoms with van der Waals surface area (Å²) in [4.78, 5) is 14.9. The molecule has 26 heavy (non-hydrogen) atoms. The summed E-state index contributed by atoms with van der Waals surface area (Å²) in [6.45, 7) is 0.462. The van der Waals surface area contributed by atoms with Gasteiger partial charge in [0.15, 0.2) is 0 Å². The first-order valence-corrected chi connectivity index (χ1v) is 8.85. The summed E-state index contributed by atoms with van der Waals surface area (Å²) in [5.74, 6) is 0.895. The van der Waals surface area contributed by atoms with Gasteiger partial charge in [0.2, 0.25) is 5.88 Å². The molecule has 1 heterocycles. The van der Waals surface area contributed by atoms with Crippen molar-refractivity contribution in [2.45, 2.75) is 32.2 Å². The van der Waals surface area contributed by atoms with E-state index in [9.17, 15) is 9.90 Å². The lowest BCUT2D eigenvalue weighted by Gasteiger charge is -2.05. The third-order valence-electron chi connectivity index (χ3n) is 4.55. The molecule has 0 fully saturated rings. The highest BCUT2D eigenvalue weighted by molar-refractivity contribution is 5.27. The minimum atomic E-state index is -0.252. The molecule has 0 amide bonds. The van der Waals surface area contributed by atoms with Gasteiger partial charge in [0.1, 0.15) is 5.75 Å². The van der Waals surface area contributed by atoms with Crippen LogP contribution < -0.4 is 10.4 Å². The van der Waals surface area contributed by atoms with Crippen LogP contribution in [0.5, 0.6) is 11.6 Å². The zero-order chi connectivity index (χ0) is 18.4. The number of aromatic amines is 1. The van der Waals surface area contributed by atoms with Crippen LogP contribution in [0.2, 0.25) is 0 Å². The van der Waals surface area contributed by atoms with Crippen molar-refractivity contribution in [3.8, 4) is 11.6 Å². The van der Waals surface area contributed by atoms with Crippen molar-refractivity contribution >= 4 is 0 Å². The maximum Gasteiger partial charge on any atom is 0.328 e. The van der Waals surface area contributed by atoms with Gasteiger partial charge in [-0.05, 0) is 48.9 Å². The largest absolute Gasteiger partial charge is 0.497 e. The van der Waals surface area contributed by atoms with E-state index in [1.807, 2.05) is 54.6 Å². The Morgan fingerprint density at radius 3 is 2.35 bits per heavy atom. The molecule has 0 unspecified atom stereocenters. The van der Waals surface area contributed by atoms with Crippen molar-refractivity contribution in [1.82, 2.24) is 9.55 Å². The van der Waals surface area contributed by atoms with Crippen LogP contribution in [0.1, 0.15) is 23.2 Å². The first-order valence-electron chi connectivity index (χ1n) is 8.85. The third-order valence-corrected chi connectivity index (χ3v) is 4.55. The van der Waals surface area contributed by atoms with E-state index < -0.39 is 0 Å². The summed E-state index contributed by atoms with van der Waals surface area (Å²) in [6, 6.07) is 17.9. The molecule has 0 atom stereocenters. The van der Waals surface area contributed by atoms with Crippen LogP contribution in [-0.4, -0.2) is 21.8 Å². The molecule has 3 aromatic rings. The summed E-state index contributed by atoms with van der Waals surface area (Å²) in [6.07, 6.45) is 3.06. The van der Waals surface area contributed by atoms with Crippen LogP contribution in [-0.2, 0) is 25.8 Å². The summed E-state index contributed by atoms with van der Waals surface area (Å²) in [5.41, 5.74) is 2.70. The van der Waals surface area contributed by atoms with E-state index >= 15 is 0 Å². The molecule has 5 nitrogen and oxygen atoms in total. The molecule has 0 aliphatic heterocycles. The number of H-pyrrole nitrogens is 1. The Morgan fingerprint density at radius 1 is 0.962 bits per heavy atom. The van der Waals surface area contributed by atoms with Gasteiger partial charge in [0.05, 0.1) is 12.8 Å². The SMILES string of the molecule is COc1ccc(CCCc2[nH]c(=O)n(CCc3ccccc3)c2O)cc1. The predicted molar refractivity (Wildman–Crippen MR) is 102 cm³/mol. The Balaban J connectivity index is 1.57. The minimum Gasteiger partial charge on any atom is -0.497 e. The first kappa shape index (κ1) is 17.9. The maximum atomic E-state index is 12.1. The van der Waals surface area contributed by atoms with E-state index in [-0.39, 0.29) is 11.6 Å². The van der Waals surface area contributed by atoms with Crippen molar-refractivity contribution in [2.24, 2.45) is 0 Å². The summed E-state index contributed by atoms with van der Waals surface area (Å²) >= 11 is 0. The quantitative estimate of drug-likeness (QED) is 0.654. The standard InChI is InChI=1S/C21H24N2O3/c1-26-18-12-10-17(11-13-18)8-5-9-19-20(24)23(21(25)22-19)15-14-16-6-3-2-4-7-16/h2-4,6-7,10-13,24H,5,8-9,14-15H2,1H3,(H,22,25). The van der Waals surface area contributed by atoms with E-state index in [0.717, 1.165) is 24.2 Å². The van der Waals surface area contributed by atoms with Crippen LogP contribution in [0, 0.1) is 0 Å². The maximum absolute atomic E-state index is 12.1. The highest BCUT2D eigenvalue weighted by atomic mass is 16.5. The molecule has 0 saturated heterocycles. The Bertz CT molecular complexity index is 880. The number of benzene rings is 2. The Morgan fingerprint density at radius 2 is 1.65 bits per heavy atom. The molecule has 0 radical (unpaired) electrons. The number of aromatic nitrogens is 2. The van der Waals surface area contributed by atoms with Crippen LogP contribution in [0.4, 0.5) is 0 Å². The number of nitrogens with zero attached hydrogens (tertiary/aromatic N) is 1. The highest BCUT2D eigenvalue weighted by Gasteiger charge is 2.12. The summed E-state index contributed by atoms with van der Waals surface area (Å²) in [5, 5.41) is 10.4. The number of aryl methyl sites for hydroxylation is 3. The lowest BCUT2D eigenvalue weighted by Crippen LogP contribution is -2.17. The van der Waals surface area contributed by atoms with Crippen molar-refractivity contribution in [2.75, 3.05) is 7.11 Å². The molecule has 3 rings (SSSR count). The van der Waals surface area contributed by atoms with Gasteiger partial charge in [-0.3, -0.25) is 4.57 Å². The molecule has 2 N–H and O–H groups in total. The Labute approximate surface area is 152 Å². The van der Waals surface area contributed by atoms with Gasteiger partial charge in [-0.15, -0.1) is 0 Å². The fourth-order valence-electron chi connectivity index (χ4n) is 3.04. The topological polar surface area (TPSA) is 67.2 Å². The fourth-order valence-corrected chi connectivity index (χ4v) is 3.04. The number of nitrogens with one attached hydrogen (secondary N) is 1. The number of methoxy groups -OCH3 is 1. The molecule has 2 aromatic carbocycles. The van der Waals surface area contributed by atoms with E-state index in [1.54, 1.807) is 7.11 Å². The van der Waals surface area contributed by atoms with Gasteiger partial charge in [0.25, 0.3) is 0 Å². The van der Waals surface area contributed by atoms with Gasteiger partial charge in [-0.2, -0.15) is 0 Å². The Hall–Kier alpha value is -2.95. The predicted octanol–water partition coefficient (Wildman–Crippen LogP) is 3.31. The van der Waals surface area contributed by atoms with E-state index in [0.29, 0.717) is 25.1 Å². The molecular formula is C21H24N2O3. The number of imidazole rings is 1. The highest BCUT2D eigenvalue weighted by Crippen LogP contribution is 2.18. The summed E-state index contributed by atoms with van der Waals surface area (Å²) < 4.78 is 6.57. The first-order chi connectivity index (χ1) is 12.7. The molecule has 136 valence electrons. The van der Waals surface area contributed by atoms with Crippen LogP contribution in [0.25, 0.3) is 0 Å². The second kappa shape index (κ2) is 8.43. The van der Waals surface area contributed by atoms with Crippen LogP contribution in [0.3, 0.4) is 0 Å². The average molecular weight is 352 g/mol. The van der Waals surface area contributed by atoms with Gasteiger partial charge in [0, 0.05) is 6.54 Å². The third kappa shape index (κ3) is 4.36. The number of hydrogen-bond donors (Lipinski definition) is 2. The fraction of sp³-hybridized carbons (Fsp3) is 0.286. The van der Waals surface area contributed by atoms with Crippen molar-refractivity contribution < 1.29 is 9.84 Å². The Kier molecular flexibility index (Phi) is 5.79. The normalized spacial score (nSPS) is 10.8. The zero-order valence-corrected chi connectivity index (χ0v) is 14.9. The molecule has 0 spiro atoms. The van der Waals surface area contributed by atoms with Crippen molar-refractivity contribution in [3.63, 3.8) is 0 Å². The molecular weight excluding hydrogens is 328 g/mol. The van der Waals surface area contributed by atoms with Crippen molar-refractivity contribution in [3.05, 3.63) is 81.9 Å². The molecule has 0 saturated carbocycles. The average Bonchev–Trinajstić information content (AvgIpc) is 2.94. The van der Waals surface area contributed by atoms with E-state index in [4.69, 9.17) is 4.74 Å². The molecule has 5 heteroatoms. The van der Waals surface area contributed by atoms with Gasteiger partial charge < -0.3 is 14.8 Å². The second-order valence-corrected chi connectivity index (χ2v) is 6.32. The number of aromatic hydroxyl groups is 1.